The molecule has 0 heterocycles. The van der Waals surface area contributed by atoms with Gasteiger partial charge in [-0.25, -0.2) is 0 Å². The van der Waals surface area contributed by atoms with Crippen molar-refractivity contribution in [3.8, 4) is 0 Å². The summed E-state index contributed by atoms with van der Waals surface area (Å²) >= 11 is 3.49. The summed E-state index contributed by atoms with van der Waals surface area (Å²) < 4.78 is 1.12. The molecule has 1 aromatic carbocycles. The van der Waals surface area contributed by atoms with E-state index in [1.807, 2.05) is 6.07 Å². The molecule has 0 aliphatic heterocycles. The van der Waals surface area contributed by atoms with E-state index in [9.17, 15) is 5.11 Å². The number of rotatable bonds is 4. The van der Waals surface area contributed by atoms with Crippen LogP contribution in [0.3, 0.4) is 0 Å². The third-order valence-corrected chi connectivity index (χ3v) is 4.18. The Morgan fingerprint density at radius 3 is 2.67 bits per heavy atom. The maximum absolute atomic E-state index is 10.5. The second kappa shape index (κ2) is 6.18. The van der Waals surface area contributed by atoms with Gasteiger partial charge in [-0.05, 0) is 37.6 Å². The van der Waals surface area contributed by atoms with Gasteiger partial charge in [-0.15, -0.1) is 0 Å². The van der Waals surface area contributed by atoms with Gasteiger partial charge in [0.1, 0.15) is 0 Å². The molecule has 0 bridgehead atoms. The molecule has 3 heteroatoms. The molecule has 1 saturated carbocycles. The largest absolute Gasteiger partial charge is 0.389 e. The molecule has 0 saturated heterocycles. The van der Waals surface area contributed by atoms with Crippen LogP contribution in [0.4, 0.5) is 0 Å². The average Bonchev–Trinajstić information content (AvgIpc) is 2.28. The highest BCUT2D eigenvalue weighted by Crippen LogP contribution is 2.28. The molecule has 1 aromatic rings. The first-order chi connectivity index (χ1) is 8.57. The first-order valence-electron chi connectivity index (χ1n) is 6.73. The van der Waals surface area contributed by atoms with Gasteiger partial charge in [0, 0.05) is 17.6 Å². The molecule has 0 radical (unpaired) electrons. The van der Waals surface area contributed by atoms with E-state index in [4.69, 9.17) is 0 Å². The predicted octanol–water partition coefficient (Wildman–Crippen LogP) is 3.58. The molecule has 0 aromatic heterocycles. The summed E-state index contributed by atoms with van der Waals surface area (Å²) in [7, 11) is 2.09. The van der Waals surface area contributed by atoms with E-state index in [2.05, 4.69) is 46.1 Å². The van der Waals surface area contributed by atoms with Crippen molar-refractivity contribution < 1.29 is 5.11 Å². The Bertz CT molecular complexity index is 388. The maximum Gasteiger partial charge on any atom is 0.0774 e. The highest BCUT2D eigenvalue weighted by Gasteiger charge is 2.30. The minimum absolute atomic E-state index is 0.459. The SMILES string of the molecule is CN(Cc1cccc(Br)c1)CC1(O)CCCCC1. The second-order valence-corrected chi connectivity index (χ2v) is 6.50. The van der Waals surface area contributed by atoms with Crippen LogP contribution >= 0.6 is 15.9 Å². The Balaban J connectivity index is 1.90. The number of halogens is 1. The Labute approximate surface area is 118 Å². The van der Waals surface area contributed by atoms with Crippen molar-refractivity contribution in [1.82, 2.24) is 4.90 Å². The minimum atomic E-state index is -0.459. The number of hydrogen-bond acceptors (Lipinski definition) is 2. The molecule has 0 amide bonds. The molecule has 0 unspecified atom stereocenters. The summed E-state index contributed by atoms with van der Waals surface area (Å²) in [6.45, 7) is 1.67. The first kappa shape index (κ1) is 14.0. The molecule has 100 valence electrons. The van der Waals surface area contributed by atoms with Crippen molar-refractivity contribution in [1.29, 1.82) is 0 Å². The third kappa shape index (κ3) is 4.08. The zero-order chi connectivity index (χ0) is 13.0. The van der Waals surface area contributed by atoms with Crippen LogP contribution < -0.4 is 0 Å². The zero-order valence-electron chi connectivity index (χ0n) is 11.0. The van der Waals surface area contributed by atoms with Gasteiger partial charge in [-0.1, -0.05) is 47.3 Å². The van der Waals surface area contributed by atoms with Crippen molar-refractivity contribution in [3.63, 3.8) is 0 Å². The van der Waals surface area contributed by atoms with Gasteiger partial charge < -0.3 is 5.11 Å². The van der Waals surface area contributed by atoms with E-state index >= 15 is 0 Å². The van der Waals surface area contributed by atoms with E-state index < -0.39 is 5.60 Å². The second-order valence-electron chi connectivity index (χ2n) is 5.59. The average molecular weight is 312 g/mol. The van der Waals surface area contributed by atoms with Crippen molar-refractivity contribution in [2.45, 2.75) is 44.2 Å². The summed E-state index contributed by atoms with van der Waals surface area (Å²) in [5.41, 5.74) is 0.824. The van der Waals surface area contributed by atoms with Crippen molar-refractivity contribution >= 4 is 15.9 Å². The molecule has 1 aliphatic carbocycles. The van der Waals surface area contributed by atoms with E-state index in [1.54, 1.807) is 0 Å². The zero-order valence-corrected chi connectivity index (χ0v) is 12.6. The fourth-order valence-electron chi connectivity index (χ4n) is 2.87. The quantitative estimate of drug-likeness (QED) is 0.918. The highest BCUT2D eigenvalue weighted by molar-refractivity contribution is 9.10. The number of likely N-dealkylation sites (N-methyl/N-ethyl adjacent to an activating group) is 1. The summed E-state index contributed by atoms with van der Waals surface area (Å²) in [5, 5.41) is 10.5. The summed E-state index contributed by atoms with van der Waals surface area (Å²) in [4.78, 5) is 2.23. The summed E-state index contributed by atoms with van der Waals surface area (Å²) in [5.74, 6) is 0. The number of hydrogen-bond donors (Lipinski definition) is 1. The molecule has 0 atom stereocenters. The fraction of sp³-hybridized carbons (Fsp3) is 0.600. The molecule has 1 fully saturated rings. The molecule has 1 aliphatic rings. The van der Waals surface area contributed by atoms with Gasteiger partial charge in [0.2, 0.25) is 0 Å². The first-order valence-corrected chi connectivity index (χ1v) is 7.52. The van der Waals surface area contributed by atoms with E-state index in [-0.39, 0.29) is 0 Å². The molecule has 18 heavy (non-hydrogen) atoms. The Morgan fingerprint density at radius 2 is 2.00 bits per heavy atom. The van der Waals surface area contributed by atoms with E-state index in [0.29, 0.717) is 0 Å². The monoisotopic (exact) mass is 311 g/mol. The molecule has 1 N–H and O–H groups in total. The van der Waals surface area contributed by atoms with E-state index in [1.165, 1.54) is 24.8 Å². The van der Waals surface area contributed by atoms with Crippen molar-refractivity contribution in [3.05, 3.63) is 34.3 Å². The van der Waals surface area contributed by atoms with Crippen LogP contribution in [0.2, 0.25) is 0 Å². The third-order valence-electron chi connectivity index (χ3n) is 3.69. The Morgan fingerprint density at radius 1 is 1.28 bits per heavy atom. The topological polar surface area (TPSA) is 23.5 Å². The molecule has 2 rings (SSSR count). The van der Waals surface area contributed by atoms with Crippen LogP contribution in [0.1, 0.15) is 37.7 Å². The highest BCUT2D eigenvalue weighted by atomic mass is 79.9. The predicted molar refractivity (Wildman–Crippen MR) is 78.5 cm³/mol. The number of nitrogens with zero attached hydrogens (tertiary/aromatic N) is 1. The number of benzene rings is 1. The van der Waals surface area contributed by atoms with Gasteiger partial charge in [-0.3, -0.25) is 4.90 Å². The van der Waals surface area contributed by atoms with Crippen LogP contribution in [-0.4, -0.2) is 29.2 Å². The summed E-state index contributed by atoms with van der Waals surface area (Å²) in [6.07, 6.45) is 5.52. The van der Waals surface area contributed by atoms with Crippen LogP contribution in [-0.2, 0) is 6.54 Å². The lowest BCUT2D eigenvalue weighted by atomic mass is 9.84. The molecule has 2 nitrogen and oxygen atoms in total. The van der Waals surface area contributed by atoms with Crippen LogP contribution in [0.25, 0.3) is 0 Å². The molecular weight excluding hydrogens is 290 g/mol. The van der Waals surface area contributed by atoms with Gasteiger partial charge in [0.05, 0.1) is 5.60 Å². The molecular formula is C15H22BrNO. The van der Waals surface area contributed by atoms with Gasteiger partial charge in [0.25, 0.3) is 0 Å². The van der Waals surface area contributed by atoms with Crippen molar-refractivity contribution in [2.75, 3.05) is 13.6 Å². The lowest BCUT2D eigenvalue weighted by Gasteiger charge is -2.35. The Hall–Kier alpha value is -0.380. The maximum atomic E-state index is 10.5. The number of aliphatic hydroxyl groups is 1. The van der Waals surface area contributed by atoms with Gasteiger partial charge in [-0.2, -0.15) is 0 Å². The van der Waals surface area contributed by atoms with Gasteiger partial charge >= 0.3 is 0 Å². The minimum Gasteiger partial charge on any atom is -0.389 e. The lowest BCUT2D eigenvalue weighted by molar-refractivity contribution is -0.0223. The van der Waals surface area contributed by atoms with Crippen LogP contribution in [0.5, 0.6) is 0 Å². The molecule has 0 spiro atoms. The van der Waals surface area contributed by atoms with Crippen molar-refractivity contribution in [2.24, 2.45) is 0 Å². The van der Waals surface area contributed by atoms with E-state index in [0.717, 1.165) is 30.4 Å². The summed E-state index contributed by atoms with van der Waals surface area (Å²) in [6, 6.07) is 8.37. The fourth-order valence-corrected chi connectivity index (χ4v) is 3.32. The lowest BCUT2D eigenvalue weighted by Crippen LogP contribution is -2.42. The van der Waals surface area contributed by atoms with Crippen LogP contribution in [0, 0.1) is 0 Å². The normalized spacial score (nSPS) is 19.1. The van der Waals surface area contributed by atoms with Gasteiger partial charge in [0.15, 0.2) is 0 Å². The Kier molecular flexibility index (Phi) is 4.82. The standard InChI is InChI=1S/C15H22BrNO/c1-17(11-13-6-5-7-14(16)10-13)12-15(18)8-3-2-4-9-15/h5-7,10,18H,2-4,8-9,11-12H2,1H3. The smallest absolute Gasteiger partial charge is 0.0774 e. The van der Waals surface area contributed by atoms with Crippen LogP contribution in [0.15, 0.2) is 28.7 Å².